The Bertz CT molecular complexity index is 1200. The van der Waals surface area contributed by atoms with E-state index in [2.05, 4.69) is 5.32 Å². The molecule has 33 heavy (non-hydrogen) atoms. The number of amides is 2. The van der Waals surface area contributed by atoms with Crippen molar-refractivity contribution in [3.63, 3.8) is 0 Å². The van der Waals surface area contributed by atoms with Gasteiger partial charge in [-0.05, 0) is 74.6 Å². The maximum atomic E-state index is 13.2. The fourth-order valence-electron chi connectivity index (χ4n) is 4.51. The van der Waals surface area contributed by atoms with E-state index in [9.17, 15) is 18.0 Å². The minimum absolute atomic E-state index is 0.0310. The highest BCUT2D eigenvalue weighted by atomic mass is 35.5. The second-order valence-electron chi connectivity index (χ2n) is 8.69. The van der Waals surface area contributed by atoms with Crippen molar-refractivity contribution in [1.82, 2.24) is 4.31 Å². The number of nitrogens with one attached hydrogen (secondary N) is 1. The minimum atomic E-state index is -3.61. The van der Waals surface area contributed by atoms with E-state index in [1.807, 2.05) is 13.8 Å². The van der Waals surface area contributed by atoms with Crippen molar-refractivity contribution in [2.24, 2.45) is 0 Å². The summed E-state index contributed by atoms with van der Waals surface area (Å²) in [7, 11) is -3.61. The summed E-state index contributed by atoms with van der Waals surface area (Å²) in [5.41, 5.74) is 2.68. The third-order valence-corrected chi connectivity index (χ3v) is 8.86. The highest BCUT2D eigenvalue weighted by Gasteiger charge is 2.33. The first-order valence-corrected chi connectivity index (χ1v) is 13.0. The molecule has 2 aromatic rings. The van der Waals surface area contributed by atoms with Crippen molar-refractivity contribution < 1.29 is 18.0 Å². The number of rotatable bonds is 5. The quantitative estimate of drug-likeness (QED) is 0.684. The van der Waals surface area contributed by atoms with Gasteiger partial charge in [-0.15, -0.1) is 0 Å². The minimum Gasteiger partial charge on any atom is -0.324 e. The Balaban J connectivity index is 1.56. The average Bonchev–Trinajstić information content (AvgIpc) is 2.78. The molecule has 0 spiro atoms. The summed E-state index contributed by atoms with van der Waals surface area (Å²) < 4.78 is 28.1. The molecule has 0 saturated carbocycles. The maximum Gasteiger partial charge on any atom is 0.244 e. The molecule has 0 radical (unpaired) electrons. The third kappa shape index (κ3) is 4.78. The van der Waals surface area contributed by atoms with Gasteiger partial charge in [0, 0.05) is 35.4 Å². The number of sulfonamides is 1. The summed E-state index contributed by atoms with van der Waals surface area (Å²) in [6.45, 7) is 4.11. The first-order chi connectivity index (χ1) is 15.7. The van der Waals surface area contributed by atoms with E-state index in [4.69, 9.17) is 11.6 Å². The van der Waals surface area contributed by atoms with Crippen LogP contribution >= 0.6 is 11.6 Å². The van der Waals surface area contributed by atoms with Gasteiger partial charge in [-0.3, -0.25) is 9.59 Å². The number of aryl methyl sites for hydroxylation is 1. The van der Waals surface area contributed by atoms with Gasteiger partial charge in [-0.25, -0.2) is 8.42 Å². The van der Waals surface area contributed by atoms with E-state index in [1.54, 1.807) is 40.7 Å². The third-order valence-electron chi connectivity index (χ3n) is 6.44. The van der Waals surface area contributed by atoms with Gasteiger partial charge in [-0.2, -0.15) is 4.31 Å². The molecule has 0 aliphatic carbocycles. The topological polar surface area (TPSA) is 86.8 Å². The van der Waals surface area contributed by atoms with Crippen LogP contribution in [0.25, 0.3) is 0 Å². The van der Waals surface area contributed by atoms with Crippen LogP contribution in [0.4, 0.5) is 11.4 Å². The van der Waals surface area contributed by atoms with Crippen LogP contribution in [-0.2, 0) is 26.0 Å². The van der Waals surface area contributed by atoms with Crippen LogP contribution in [0.1, 0.15) is 43.7 Å². The monoisotopic (exact) mass is 489 g/mol. The van der Waals surface area contributed by atoms with Crippen LogP contribution in [-0.4, -0.2) is 43.7 Å². The van der Waals surface area contributed by atoms with Crippen molar-refractivity contribution >= 4 is 44.8 Å². The van der Waals surface area contributed by atoms with Crippen molar-refractivity contribution in [2.45, 2.75) is 56.9 Å². The molecule has 2 amide bonds. The number of benzene rings is 2. The molecule has 0 bridgehead atoms. The van der Waals surface area contributed by atoms with Gasteiger partial charge in [0.2, 0.25) is 21.8 Å². The van der Waals surface area contributed by atoms with Gasteiger partial charge in [0.05, 0.1) is 4.90 Å². The van der Waals surface area contributed by atoms with Crippen LogP contribution < -0.4 is 10.2 Å². The van der Waals surface area contributed by atoms with E-state index >= 15 is 0 Å². The Morgan fingerprint density at radius 3 is 2.73 bits per heavy atom. The van der Waals surface area contributed by atoms with E-state index < -0.39 is 10.0 Å². The maximum absolute atomic E-state index is 13.2. The van der Waals surface area contributed by atoms with Gasteiger partial charge in [0.15, 0.2) is 0 Å². The summed E-state index contributed by atoms with van der Waals surface area (Å²) in [4.78, 5) is 27.0. The molecule has 7 nitrogen and oxygen atoms in total. The SMILES string of the molecule is Cc1c(Cl)cccc1NC(=O)CN1C(=O)CCc2cc(S(=O)(=O)N3CCCCC3C)ccc21. The Morgan fingerprint density at radius 1 is 1.18 bits per heavy atom. The van der Waals surface area contributed by atoms with Crippen LogP contribution in [0.2, 0.25) is 5.02 Å². The smallest absolute Gasteiger partial charge is 0.244 e. The zero-order chi connectivity index (χ0) is 23.8. The van der Waals surface area contributed by atoms with Crippen molar-refractivity contribution in [1.29, 1.82) is 0 Å². The largest absolute Gasteiger partial charge is 0.324 e. The molecule has 9 heteroatoms. The number of anilines is 2. The Labute approximate surface area is 199 Å². The summed E-state index contributed by atoms with van der Waals surface area (Å²) in [5.74, 6) is -0.513. The fraction of sp³-hybridized carbons (Fsp3) is 0.417. The first kappa shape index (κ1) is 23.7. The lowest BCUT2D eigenvalue weighted by molar-refractivity contribution is -0.121. The van der Waals surface area contributed by atoms with Crippen LogP contribution in [0, 0.1) is 6.92 Å². The molecule has 4 rings (SSSR count). The van der Waals surface area contributed by atoms with E-state index in [0.29, 0.717) is 29.4 Å². The van der Waals surface area contributed by atoms with Crippen molar-refractivity contribution in [2.75, 3.05) is 23.3 Å². The average molecular weight is 490 g/mol. The second kappa shape index (κ2) is 9.44. The predicted octanol–water partition coefficient (Wildman–Crippen LogP) is 4.13. The number of hydrogen-bond acceptors (Lipinski definition) is 4. The number of halogens is 1. The number of hydrogen-bond donors (Lipinski definition) is 1. The molecule has 1 atom stereocenters. The molecular weight excluding hydrogens is 462 g/mol. The number of carbonyl (C=O) groups excluding carboxylic acids is 2. The van der Waals surface area contributed by atoms with E-state index in [1.165, 1.54) is 4.90 Å². The van der Waals surface area contributed by atoms with E-state index in [0.717, 1.165) is 30.4 Å². The first-order valence-electron chi connectivity index (χ1n) is 11.2. The number of fused-ring (bicyclic) bond motifs is 1. The number of carbonyl (C=O) groups is 2. The van der Waals surface area contributed by atoms with Crippen LogP contribution in [0.5, 0.6) is 0 Å². The van der Waals surface area contributed by atoms with Gasteiger partial charge >= 0.3 is 0 Å². The zero-order valence-electron chi connectivity index (χ0n) is 18.8. The predicted molar refractivity (Wildman–Crippen MR) is 129 cm³/mol. The van der Waals surface area contributed by atoms with Gasteiger partial charge in [-0.1, -0.05) is 24.1 Å². The highest BCUT2D eigenvalue weighted by Crippen LogP contribution is 2.33. The second-order valence-corrected chi connectivity index (χ2v) is 11.0. The molecule has 1 unspecified atom stereocenters. The standard InChI is InChI=1S/C24H28ClN3O4S/c1-16-6-3-4-13-28(16)33(31,32)19-10-11-22-18(14-19)9-12-24(30)27(22)15-23(29)26-21-8-5-7-20(25)17(21)2/h5,7-8,10-11,14,16H,3-4,6,9,12-13,15H2,1-2H3,(H,26,29). The molecule has 1 saturated heterocycles. The summed E-state index contributed by atoms with van der Waals surface area (Å²) in [5, 5.41) is 3.36. The fourth-order valence-corrected chi connectivity index (χ4v) is 6.44. The van der Waals surface area contributed by atoms with Crippen molar-refractivity contribution in [3.05, 3.63) is 52.5 Å². The molecule has 1 fully saturated rings. The van der Waals surface area contributed by atoms with Crippen LogP contribution in [0.15, 0.2) is 41.3 Å². The Morgan fingerprint density at radius 2 is 1.97 bits per heavy atom. The Kier molecular flexibility index (Phi) is 6.79. The molecule has 2 heterocycles. The number of nitrogens with zero attached hydrogens (tertiary/aromatic N) is 2. The zero-order valence-corrected chi connectivity index (χ0v) is 20.4. The van der Waals surface area contributed by atoms with Gasteiger partial charge in [0.1, 0.15) is 6.54 Å². The lowest BCUT2D eigenvalue weighted by Crippen LogP contribution is -2.42. The molecule has 1 N–H and O–H groups in total. The normalized spacial score (nSPS) is 19.3. The summed E-state index contributed by atoms with van der Waals surface area (Å²) in [6.07, 6.45) is 3.41. The lowest BCUT2D eigenvalue weighted by Gasteiger charge is -2.33. The van der Waals surface area contributed by atoms with Gasteiger partial charge in [0.25, 0.3) is 0 Å². The highest BCUT2D eigenvalue weighted by molar-refractivity contribution is 7.89. The molecule has 2 aliphatic rings. The van der Waals surface area contributed by atoms with Crippen LogP contribution in [0.3, 0.4) is 0 Å². The Hall–Kier alpha value is -2.42. The molecular formula is C24H28ClN3O4S. The van der Waals surface area contributed by atoms with E-state index in [-0.39, 0.29) is 35.7 Å². The molecule has 2 aromatic carbocycles. The summed E-state index contributed by atoms with van der Waals surface area (Å²) in [6, 6.07) is 10.1. The van der Waals surface area contributed by atoms with Crippen molar-refractivity contribution in [3.8, 4) is 0 Å². The van der Waals surface area contributed by atoms with Gasteiger partial charge < -0.3 is 10.2 Å². The number of piperidine rings is 1. The molecule has 0 aromatic heterocycles. The molecule has 2 aliphatic heterocycles. The lowest BCUT2D eigenvalue weighted by atomic mass is 10.0. The summed E-state index contributed by atoms with van der Waals surface area (Å²) >= 11 is 6.13. The molecule has 176 valence electrons.